The molecule has 0 aliphatic heterocycles. The number of hydrogen-bond donors (Lipinski definition) is 1. The van der Waals surface area contributed by atoms with Crippen LogP contribution in [0.3, 0.4) is 0 Å². The number of carbonyl (C=O) groups excluding carboxylic acids is 1. The average molecular weight is 417 g/mol. The summed E-state index contributed by atoms with van der Waals surface area (Å²) in [6.45, 7) is 0.291. The van der Waals surface area contributed by atoms with E-state index in [4.69, 9.17) is 4.74 Å². The summed E-state index contributed by atoms with van der Waals surface area (Å²) in [6, 6.07) is 25.1. The van der Waals surface area contributed by atoms with Crippen LogP contribution in [0.5, 0.6) is 5.75 Å². The molecule has 0 aliphatic carbocycles. The van der Waals surface area contributed by atoms with E-state index in [1.165, 1.54) is 0 Å². The second-order valence-corrected chi connectivity index (χ2v) is 7.56. The minimum atomic E-state index is -0.145. The molecule has 1 heterocycles. The molecule has 0 aliphatic rings. The predicted molar refractivity (Wildman–Crippen MR) is 116 cm³/mol. The molecular formula is C23H20N4O2S. The highest BCUT2D eigenvalue weighted by Gasteiger charge is 2.13. The Hall–Kier alpha value is -3.58. The topological polar surface area (TPSA) is 69.0 Å². The van der Waals surface area contributed by atoms with Crippen LogP contribution in [0.1, 0.15) is 16.1 Å². The second-order valence-electron chi connectivity index (χ2n) is 6.45. The van der Waals surface area contributed by atoms with Gasteiger partial charge in [-0.05, 0) is 48.5 Å². The molecule has 7 heteroatoms. The van der Waals surface area contributed by atoms with Crippen molar-refractivity contribution >= 4 is 17.7 Å². The zero-order chi connectivity index (χ0) is 20.8. The molecule has 150 valence electrons. The van der Waals surface area contributed by atoms with Gasteiger partial charge in [0, 0.05) is 9.79 Å². The van der Waals surface area contributed by atoms with Crippen molar-refractivity contribution < 1.29 is 9.53 Å². The Morgan fingerprint density at radius 1 is 1.00 bits per heavy atom. The third kappa shape index (κ3) is 4.69. The highest BCUT2D eigenvalue weighted by atomic mass is 32.2. The Morgan fingerprint density at radius 3 is 2.50 bits per heavy atom. The number of hydrogen-bond acceptors (Lipinski definition) is 5. The van der Waals surface area contributed by atoms with Crippen molar-refractivity contribution in [3.63, 3.8) is 0 Å². The van der Waals surface area contributed by atoms with Gasteiger partial charge in [-0.2, -0.15) is 0 Å². The predicted octanol–water partition coefficient (Wildman–Crippen LogP) is 4.36. The first kappa shape index (κ1) is 19.7. The minimum absolute atomic E-state index is 0.145. The van der Waals surface area contributed by atoms with Gasteiger partial charge in [-0.25, -0.2) is 4.68 Å². The summed E-state index contributed by atoms with van der Waals surface area (Å²) in [5, 5.41) is 11.2. The van der Waals surface area contributed by atoms with Gasteiger partial charge in [0.25, 0.3) is 5.91 Å². The number of rotatable bonds is 7. The Labute approximate surface area is 178 Å². The molecule has 30 heavy (non-hydrogen) atoms. The van der Waals surface area contributed by atoms with Gasteiger partial charge in [0.2, 0.25) is 0 Å². The zero-order valence-electron chi connectivity index (χ0n) is 16.4. The highest BCUT2D eigenvalue weighted by molar-refractivity contribution is 7.99. The molecule has 6 nitrogen and oxygen atoms in total. The van der Waals surface area contributed by atoms with Crippen LogP contribution in [-0.4, -0.2) is 28.0 Å². The monoisotopic (exact) mass is 416 g/mol. The van der Waals surface area contributed by atoms with Crippen molar-refractivity contribution in [2.45, 2.75) is 16.3 Å². The minimum Gasteiger partial charge on any atom is -0.497 e. The Balaban J connectivity index is 1.42. The summed E-state index contributed by atoms with van der Waals surface area (Å²) in [5.41, 5.74) is 2.17. The normalized spacial score (nSPS) is 10.6. The van der Waals surface area contributed by atoms with Crippen molar-refractivity contribution in [1.29, 1.82) is 0 Å². The summed E-state index contributed by atoms with van der Waals surface area (Å²) in [6.07, 6.45) is 1.80. The van der Waals surface area contributed by atoms with Crippen LogP contribution in [0.4, 0.5) is 0 Å². The number of nitrogens with one attached hydrogen (secondary N) is 1. The molecular weight excluding hydrogens is 396 g/mol. The smallest absolute Gasteiger partial charge is 0.252 e. The molecule has 4 aromatic rings. The standard InChI is InChI=1S/C23H20N4O2S/c1-29-19-13-11-18(12-14-19)27-16-17(25-26-27)15-24-23(28)21-9-5-6-10-22(21)30-20-7-3-2-4-8-20/h2-14,16H,15H2,1H3,(H,24,28). The van der Waals surface area contributed by atoms with E-state index < -0.39 is 0 Å². The summed E-state index contributed by atoms with van der Waals surface area (Å²) < 4.78 is 6.84. The van der Waals surface area contributed by atoms with E-state index in [1.807, 2.05) is 78.9 Å². The third-order valence-electron chi connectivity index (χ3n) is 4.41. The first-order valence-corrected chi connectivity index (χ1v) is 10.2. The van der Waals surface area contributed by atoms with Crippen LogP contribution >= 0.6 is 11.8 Å². The molecule has 0 atom stereocenters. The summed E-state index contributed by atoms with van der Waals surface area (Å²) in [4.78, 5) is 14.8. The molecule has 0 bridgehead atoms. The van der Waals surface area contributed by atoms with Crippen LogP contribution in [0, 0.1) is 0 Å². The molecule has 0 spiro atoms. The number of amides is 1. The average Bonchev–Trinajstić information content (AvgIpc) is 3.28. The number of nitrogens with zero attached hydrogens (tertiary/aromatic N) is 3. The maximum atomic E-state index is 12.8. The zero-order valence-corrected chi connectivity index (χ0v) is 17.2. The largest absolute Gasteiger partial charge is 0.497 e. The molecule has 0 fully saturated rings. The summed E-state index contributed by atoms with van der Waals surface area (Å²) in [5.74, 6) is 0.631. The summed E-state index contributed by atoms with van der Waals surface area (Å²) in [7, 11) is 1.63. The molecule has 0 unspecified atom stereocenters. The lowest BCUT2D eigenvalue weighted by Gasteiger charge is -2.09. The Morgan fingerprint density at radius 2 is 1.73 bits per heavy atom. The fourth-order valence-corrected chi connectivity index (χ4v) is 3.83. The van der Waals surface area contributed by atoms with Crippen LogP contribution in [-0.2, 0) is 6.54 Å². The van der Waals surface area contributed by atoms with Crippen molar-refractivity contribution in [2.75, 3.05) is 7.11 Å². The number of aromatic nitrogens is 3. The first-order valence-electron chi connectivity index (χ1n) is 9.39. The lowest BCUT2D eigenvalue weighted by Crippen LogP contribution is -2.23. The maximum Gasteiger partial charge on any atom is 0.252 e. The van der Waals surface area contributed by atoms with Crippen molar-refractivity contribution in [2.24, 2.45) is 0 Å². The van der Waals surface area contributed by atoms with Gasteiger partial charge >= 0.3 is 0 Å². The summed E-state index contributed by atoms with van der Waals surface area (Å²) >= 11 is 1.57. The van der Waals surface area contributed by atoms with Crippen LogP contribution in [0.2, 0.25) is 0 Å². The van der Waals surface area contributed by atoms with Gasteiger partial charge in [0.05, 0.1) is 31.1 Å². The van der Waals surface area contributed by atoms with E-state index in [-0.39, 0.29) is 5.91 Å². The van der Waals surface area contributed by atoms with Gasteiger partial charge in [-0.3, -0.25) is 4.79 Å². The molecule has 0 saturated carbocycles. The SMILES string of the molecule is COc1ccc(-n2cc(CNC(=O)c3ccccc3Sc3ccccc3)nn2)cc1. The van der Waals surface area contributed by atoms with Crippen molar-refractivity contribution in [3.8, 4) is 11.4 Å². The quantitative estimate of drug-likeness (QED) is 0.485. The molecule has 4 rings (SSSR count). The van der Waals surface area contributed by atoms with E-state index in [2.05, 4.69) is 15.6 Å². The molecule has 0 saturated heterocycles. The molecule has 1 aromatic heterocycles. The number of carbonyl (C=O) groups is 1. The first-order chi connectivity index (χ1) is 14.7. The van der Waals surface area contributed by atoms with Crippen molar-refractivity contribution in [1.82, 2.24) is 20.3 Å². The third-order valence-corrected chi connectivity index (χ3v) is 5.49. The fraction of sp³-hybridized carbons (Fsp3) is 0.0870. The Kier molecular flexibility index (Phi) is 6.10. The van der Waals surface area contributed by atoms with E-state index >= 15 is 0 Å². The van der Waals surface area contributed by atoms with Gasteiger partial charge in [0.1, 0.15) is 11.4 Å². The van der Waals surface area contributed by atoms with Crippen LogP contribution < -0.4 is 10.1 Å². The molecule has 1 amide bonds. The van der Waals surface area contributed by atoms with E-state index in [0.717, 1.165) is 21.2 Å². The highest BCUT2D eigenvalue weighted by Crippen LogP contribution is 2.30. The molecule has 3 aromatic carbocycles. The lowest BCUT2D eigenvalue weighted by molar-refractivity contribution is 0.0947. The Bertz CT molecular complexity index is 1130. The molecule has 0 radical (unpaired) electrons. The second kappa shape index (κ2) is 9.28. The van der Waals surface area contributed by atoms with E-state index in [9.17, 15) is 4.79 Å². The van der Waals surface area contributed by atoms with E-state index in [0.29, 0.717) is 17.8 Å². The van der Waals surface area contributed by atoms with Crippen molar-refractivity contribution in [3.05, 3.63) is 96.3 Å². The van der Waals surface area contributed by atoms with Crippen LogP contribution in [0.15, 0.2) is 94.9 Å². The lowest BCUT2D eigenvalue weighted by atomic mass is 10.2. The number of ether oxygens (including phenoxy) is 1. The maximum absolute atomic E-state index is 12.8. The van der Waals surface area contributed by atoms with E-state index in [1.54, 1.807) is 29.8 Å². The number of benzene rings is 3. The fourth-order valence-electron chi connectivity index (χ4n) is 2.87. The molecule has 1 N–H and O–H groups in total. The van der Waals surface area contributed by atoms with Gasteiger partial charge in [0.15, 0.2) is 0 Å². The van der Waals surface area contributed by atoms with Crippen LogP contribution in [0.25, 0.3) is 5.69 Å². The van der Waals surface area contributed by atoms with Gasteiger partial charge in [-0.1, -0.05) is 47.3 Å². The van der Waals surface area contributed by atoms with Gasteiger partial charge in [-0.15, -0.1) is 5.10 Å². The van der Waals surface area contributed by atoms with Gasteiger partial charge < -0.3 is 10.1 Å². The number of methoxy groups -OCH3 is 1.